The minimum absolute atomic E-state index is 0.209. The number of anilines is 2. The van der Waals surface area contributed by atoms with E-state index >= 15 is 0 Å². The van der Waals surface area contributed by atoms with Gasteiger partial charge in [-0.3, -0.25) is 14.0 Å². The third kappa shape index (κ3) is 3.97. The van der Waals surface area contributed by atoms with Gasteiger partial charge in [0, 0.05) is 25.5 Å². The molecule has 4 rings (SSSR count). The molecule has 152 valence electrons. The predicted octanol–water partition coefficient (Wildman–Crippen LogP) is 0.885. The molecule has 0 bridgehead atoms. The Labute approximate surface area is 167 Å². The molecule has 1 saturated heterocycles. The van der Waals surface area contributed by atoms with E-state index in [2.05, 4.69) is 39.1 Å². The van der Waals surface area contributed by atoms with E-state index in [0.29, 0.717) is 43.6 Å². The second-order valence-corrected chi connectivity index (χ2v) is 7.19. The van der Waals surface area contributed by atoms with E-state index < -0.39 is 0 Å². The van der Waals surface area contributed by atoms with Gasteiger partial charge < -0.3 is 15.0 Å². The van der Waals surface area contributed by atoms with Crippen LogP contribution in [0.4, 0.5) is 11.8 Å². The maximum absolute atomic E-state index is 13.0. The number of hydrogen-bond donors (Lipinski definition) is 1. The highest BCUT2D eigenvalue weighted by Gasteiger charge is 2.21. The quantitative estimate of drug-likeness (QED) is 0.681. The molecule has 1 aliphatic heterocycles. The molecule has 1 aliphatic rings. The maximum Gasteiger partial charge on any atom is 0.291 e. The molecule has 0 radical (unpaired) electrons. The van der Waals surface area contributed by atoms with Crippen molar-refractivity contribution in [1.29, 1.82) is 0 Å². The number of hydrogen-bond acceptors (Lipinski definition) is 7. The summed E-state index contributed by atoms with van der Waals surface area (Å²) in [6, 6.07) is 3.45. The van der Waals surface area contributed by atoms with Gasteiger partial charge in [0.15, 0.2) is 0 Å². The third-order valence-electron chi connectivity index (χ3n) is 4.82. The minimum Gasteiger partial charge on any atom is -0.378 e. The van der Waals surface area contributed by atoms with Gasteiger partial charge in [-0.15, -0.1) is 5.10 Å². The van der Waals surface area contributed by atoms with Crippen LogP contribution < -0.4 is 15.8 Å². The summed E-state index contributed by atoms with van der Waals surface area (Å²) in [5, 5.41) is 7.18. The molecule has 4 heterocycles. The molecule has 0 atom stereocenters. The maximum atomic E-state index is 13.0. The van der Waals surface area contributed by atoms with Crippen LogP contribution in [-0.2, 0) is 16.1 Å². The molecular formula is C19H23N7O3. The number of fused-ring (bicyclic) bond motifs is 1. The first-order chi connectivity index (χ1) is 14.0. The van der Waals surface area contributed by atoms with Crippen molar-refractivity contribution >= 4 is 23.2 Å². The van der Waals surface area contributed by atoms with Crippen molar-refractivity contribution in [1.82, 2.24) is 24.1 Å². The first-order valence-corrected chi connectivity index (χ1v) is 9.54. The standard InChI is InChI=1S/C19H23N7O3/c1-13(2)14-9-15-18(28)26(11-17(27)22-16-3-4-20-12-21-16)23-19(25(15)10-14)24-5-7-29-8-6-24/h3-4,9-10,12-13H,5-8,11H2,1-2H3,(H,20,21,22,27). The average Bonchev–Trinajstić information content (AvgIpc) is 3.18. The van der Waals surface area contributed by atoms with Gasteiger partial charge in [0.25, 0.3) is 5.56 Å². The minimum atomic E-state index is -0.383. The summed E-state index contributed by atoms with van der Waals surface area (Å²) >= 11 is 0. The summed E-state index contributed by atoms with van der Waals surface area (Å²) in [6.07, 6.45) is 4.82. The first kappa shape index (κ1) is 19.1. The van der Waals surface area contributed by atoms with Crippen LogP contribution >= 0.6 is 0 Å². The fourth-order valence-electron chi connectivity index (χ4n) is 3.23. The van der Waals surface area contributed by atoms with Crippen molar-refractivity contribution < 1.29 is 9.53 Å². The lowest BCUT2D eigenvalue weighted by Crippen LogP contribution is -2.40. The second kappa shape index (κ2) is 8.00. The first-order valence-electron chi connectivity index (χ1n) is 9.54. The lowest BCUT2D eigenvalue weighted by Gasteiger charge is -2.28. The van der Waals surface area contributed by atoms with Crippen LogP contribution in [0, 0.1) is 0 Å². The molecule has 0 unspecified atom stereocenters. The number of morpholine rings is 1. The topological polar surface area (TPSA) is 107 Å². The van der Waals surface area contributed by atoms with E-state index in [4.69, 9.17) is 4.74 Å². The lowest BCUT2D eigenvalue weighted by molar-refractivity contribution is -0.117. The number of aromatic nitrogens is 5. The van der Waals surface area contributed by atoms with E-state index in [1.807, 2.05) is 16.7 Å². The SMILES string of the molecule is CC(C)c1cc2c(=O)n(CC(=O)Nc3ccncn3)nc(N3CCOCC3)n2c1. The van der Waals surface area contributed by atoms with Gasteiger partial charge in [-0.25, -0.2) is 14.6 Å². The van der Waals surface area contributed by atoms with Gasteiger partial charge in [-0.05, 0) is 23.6 Å². The zero-order valence-electron chi connectivity index (χ0n) is 16.4. The largest absolute Gasteiger partial charge is 0.378 e. The van der Waals surface area contributed by atoms with Crippen LogP contribution in [0.1, 0.15) is 25.3 Å². The molecule has 29 heavy (non-hydrogen) atoms. The lowest BCUT2D eigenvalue weighted by atomic mass is 10.1. The van der Waals surface area contributed by atoms with Gasteiger partial charge in [-0.2, -0.15) is 0 Å². The number of nitrogens with one attached hydrogen (secondary N) is 1. The Morgan fingerprint density at radius 3 is 2.79 bits per heavy atom. The molecule has 0 spiro atoms. The number of ether oxygens (including phenoxy) is 1. The Bertz CT molecular complexity index is 1070. The fourth-order valence-corrected chi connectivity index (χ4v) is 3.23. The smallest absolute Gasteiger partial charge is 0.291 e. The number of carbonyl (C=O) groups excluding carboxylic acids is 1. The molecule has 3 aromatic rings. The van der Waals surface area contributed by atoms with Crippen molar-refractivity contribution in [2.45, 2.75) is 26.3 Å². The van der Waals surface area contributed by atoms with Gasteiger partial charge >= 0.3 is 0 Å². The average molecular weight is 397 g/mol. The normalized spacial score (nSPS) is 14.5. The number of carbonyl (C=O) groups is 1. The van der Waals surface area contributed by atoms with Crippen molar-refractivity contribution in [3.05, 3.63) is 46.8 Å². The summed E-state index contributed by atoms with van der Waals surface area (Å²) in [4.78, 5) is 35.3. The van der Waals surface area contributed by atoms with E-state index in [0.717, 1.165) is 5.56 Å². The van der Waals surface area contributed by atoms with Gasteiger partial charge in [0.05, 0.1) is 13.2 Å². The van der Waals surface area contributed by atoms with Crippen LogP contribution in [-0.4, -0.2) is 56.4 Å². The number of nitrogens with zero attached hydrogens (tertiary/aromatic N) is 6. The zero-order chi connectivity index (χ0) is 20.4. The number of amides is 1. The summed E-state index contributed by atoms with van der Waals surface area (Å²) < 4.78 is 8.47. The molecule has 10 heteroatoms. The molecule has 3 aromatic heterocycles. The predicted molar refractivity (Wildman–Crippen MR) is 107 cm³/mol. The molecular weight excluding hydrogens is 374 g/mol. The molecule has 0 saturated carbocycles. The summed E-state index contributed by atoms with van der Waals surface area (Å²) in [7, 11) is 0. The summed E-state index contributed by atoms with van der Waals surface area (Å²) in [5.74, 6) is 0.884. The Morgan fingerprint density at radius 2 is 2.10 bits per heavy atom. The molecule has 1 amide bonds. The fraction of sp³-hybridized carbons (Fsp3) is 0.421. The van der Waals surface area contributed by atoms with Crippen LogP contribution in [0.3, 0.4) is 0 Å². The highest BCUT2D eigenvalue weighted by Crippen LogP contribution is 2.21. The molecule has 1 fully saturated rings. The van der Waals surface area contributed by atoms with E-state index in [1.165, 1.54) is 17.2 Å². The summed E-state index contributed by atoms with van der Waals surface area (Å²) in [6.45, 7) is 6.46. The van der Waals surface area contributed by atoms with Crippen molar-refractivity contribution in [3.63, 3.8) is 0 Å². The van der Waals surface area contributed by atoms with E-state index in [1.54, 1.807) is 6.07 Å². The van der Waals surface area contributed by atoms with Crippen LogP contribution in [0.15, 0.2) is 35.6 Å². The second-order valence-electron chi connectivity index (χ2n) is 7.19. The summed E-state index contributed by atoms with van der Waals surface area (Å²) in [5.41, 5.74) is 1.23. The molecule has 10 nitrogen and oxygen atoms in total. The van der Waals surface area contributed by atoms with E-state index in [-0.39, 0.29) is 23.9 Å². The molecule has 1 N–H and O–H groups in total. The van der Waals surface area contributed by atoms with Crippen molar-refractivity contribution in [2.75, 3.05) is 36.5 Å². The van der Waals surface area contributed by atoms with Gasteiger partial charge in [-0.1, -0.05) is 13.8 Å². The Kier molecular flexibility index (Phi) is 5.26. The van der Waals surface area contributed by atoms with Crippen LogP contribution in [0.25, 0.3) is 5.52 Å². The Balaban J connectivity index is 1.72. The molecule has 0 aliphatic carbocycles. The Hall–Kier alpha value is -3.27. The van der Waals surface area contributed by atoms with Crippen LogP contribution in [0.2, 0.25) is 0 Å². The highest BCUT2D eigenvalue weighted by molar-refractivity contribution is 5.89. The van der Waals surface area contributed by atoms with Gasteiger partial charge in [0.1, 0.15) is 24.2 Å². The van der Waals surface area contributed by atoms with Gasteiger partial charge in [0.2, 0.25) is 11.9 Å². The Morgan fingerprint density at radius 1 is 1.31 bits per heavy atom. The number of rotatable bonds is 5. The molecule has 0 aromatic carbocycles. The zero-order valence-corrected chi connectivity index (χ0v) is 16.4. The third-order valence-corrected chi connectivity index (χ3v) is 4.82. The van der Waals surface area contributed by atoms with E-state index in [9.17, 15) is 9.59 Å². The monoisotopic (exact) mass is 397 g/mol. The highest BCUT2D eigenvalue weighted by atomic mass is 16.5. The van der Waals surface area contributed by atoms with Crippen molar-refractivity contribution in [2.24, 2.45) is 0 Å². The van der Waals surface area contributed by atoms with Crippen LogP contribution in [0.5, 0.6) is 0 Å². The van der Waals surface area contributed by atoms with Crippen molar-refractivity contribution in [3.8, 4) is 0 Å².